The molecule has 0 saturated carbocycles. The van der Waals surface area contributed by atoms with Crippen LogP contribution in [0.4, 0.5) is 17.1 Å². The molecule has 3 nitrogen and oxygen atoms in total. The summed E-state index contributed by atoms with van der Waals surface area (Å²) in [5, 5.41) is 4.61. The number of fused-ring (bicyclic) bond motifs is 6. The van der Waals surface area contributed by atoms with Gasteiger partial charge in [0.25, 0.3) is 0 Å². The molecule has 0 fully saturated rings. The molecular weight excluding hydrogens is 416 g/mol. The van der Waals surface area contributed by atoms with Crippen molar-refractivity contribution in [2.24, 2.45) is 0 Å². The number of pyridine rings is 1. The second-order valence-electron chi connectivity index (χ2n) is 8.47. The molecule has 0 atom stereocenters. The summed E-state index contributed by atoms with van der Waals surface area (Å²) in [6, 6.07) is 40.0. The number of anilines is 3. The van der Waals surface area contributed by atoms with Crippen LogP contribution in [0.25, 0.3) is 32.8 Å². The topological polar surface area (TPSA) is 25.4 Å². The molecule has 0 saturated heterocycles. The molecular formula is C31H20N2O. The summed E-state index contributed by atoms with van der Waals surface area (Å²) in [6.45, 7) is 0. The third kappa shape index (κ3) is 2.87. The van der Waals surface area contributed by atoms with Crippen molar-refractivity contribution in [1.82, 2.24) is 4.98 Å². The maximum absolute atomic E-state index is 6.59. The van der Waals surface area contributed by atoms with E-state index in [2.05, 4.69) is 107 Å². The van der Waals surface area contributed by atoms with E-state index in [0.29, 0.717) is 0 Å². The van der Waals surface area contributed by atoms with Crippen LogP contribution in [0.15, 0.2) is 121 Å². The highest BCUT2D eigenvalue weighted by atomic mass is 16.5. The van der Waals surface area contributed by atoms with Gasteiger partial charge in [0.15, 0.2) is 11.5 Å². The van der Waals surface area contributed by atoms with E-state index < -0.39 is 0 Å². The number of rotatable bonds is 2. The van der Waals surface area contributed by atoms with Crippen LogP contribution in [0, 0.1) is 0 Å². The molecule has 0 amide bonds. The van der Waals surface area contributed by atoms with Gasteiger partial charge in [-0.3, -0.25) is 4.98 Å². The van der Waals surface area contributed by atoms with Gasteiger partial charge >= 0.3 is 0 Å². The Bertz CT molecular complexity index is 1670. The first-order chi connectivity index (χ1) is 16.9. The number of benzene rings is 5. The van der Waals surface area contributed by atoms with Crippen LogP contribution in [0.3, 0.4) is 0 Å². The van der Waals surface area contributed by atoms with E-state index >= 15 is 0 Å². The molecule has 6 aromatic rings. The Kier molecular flexibility index (Phi) is 4.15. The zero-order chi connectivity index (χ0) is 22.5. The lowest BCUT2D eigenvalue weighted by atomic mass is 10.0. The normalized spacial score (nSPS) is 12.3. The lowest BCUT2D eigenvalue weighted by Gasteiger charge is -2.34. The van der Waals surface area contributed by atoms with Gasteiger partial charge in [0.1, 0.15) is 0 Å². The van der Waals surface area contributed by atoms with Gasteiger partial charge in [-0.2, -0.15) is 0 Å². The van der Waals surface area contributed by atoms with Crippen molar-refractivity contribution in [3.8, 4) is 22.8 Å². The van der Waals surface area contributed by atoms with Gasteiger partial charge in [0, 0.05) is 28.2 Å². The van der Waals surface area contributed by atoms with Crippen molar-refractivity contribution in [3.63, 3.8) is 0 Å². The summed E-state index contributed by atoms with van der Waals surface area (Å²) in [4.78, 5) is 6.83. The highest BCUT2D eigenvalue weighted by molar-refractivity contribution is 6.07. The molecule has 7 rings (SSSR count). The molecule has 0 spiro atoms. The zero-order valence-corrected chi connectivity index (χ0v) is 18.3. The first kappa shape index (κ1) is 18.9. The number of hydrogen-bond donors (Lipinski definition) is 0. The van der Waals surface area contributed by atoms with E-state index in [0.717, 1.165) is 56.0 Å². The third-order valence-corrected chi connectivity index (χ3v) is 6.49. The van der Waals surface area contributed by atoms with E-state index in [-0.39, 0.29) is 0 Å². The Morgan fingerprint density at radius 1 is 0.588 bits per heavy atom. The predicted octanol–water partition coefficient (Wildman–Crippen LogP) is 8.63. The lowest BCUT2D eigenvalue weighted by molar-refractivity contribution is 0.483. The van der Waals surface area contributed by atoms with Crippen LogP contribution in [0.2, 0.25) is 0 Å². The predicted molar refractivity (Wildman–Crippen MR) is 139 cm³/mol. The number of aromatic nitrogens is 1. The molecule has 3 heteroatoms. The molecule has 160 valence electrons. The molecule has 0 bridgehead atoms. The minimum Gasteiger partial charge on any atom is -0.452 e. The zero-order valence-electron chi connectivity index (χ0n) is 18.3. The van der Waals surface area contributed by atoms with Crippen molar-refractivity contribution >= 4 is 38.6 Å². The molecule has 0 unspecified atom stereocenters. The SMILES string of the molecule is c1ccc(-c2ccc(N3c4ccc5ccccc5c4Oc4ccc5ccccc5c43)cc2)nc1. The van der Waals surface area contributed by atoms with Gasteiger partial charge in [-0.15, -0.1) is 0 Å². The smallest absolute Gasteiger partial charge is 0.159 e. The van der Waals surface area contributed by atoms with Crippen LogP contribution >= 0.6 is 0 Å². The quantitative estimate of drug-likeness (QED) is 0.271. The maximum Gasteiger partial charge on any atom is 0.159 e. The second-order valence-corrected chi connectivity index (χ2v) is 8.47. The summed E-state index contributed by atoms with van der Waals surface area (Å²) in [5.74, 6) is 1.74. The van der Waals surface area contributed by atoms with Gasteiger partial charge in [0.2, 0.25) is 0 Å². The van der Waals surface area contributed by atoms with Crippen LogP contribution in [0.1, 0.15) is 0 Å². The summed E-state index contributed by atoms with van der Waals surface area (Å²) in [7, 11) is 0. The lowest BCUT2D eigenvalue weighted by Crippen LogP contribution is -2.16. The monoisotopic (exact) mass is 436 g/mol. The first-order valence-electron chi connectivity index (χ1n) is 11.4. The maximum atomic E-state index is 6.59. The van der Waals surface area contributed by atoms with Crippen molar-refractivity contribution in [2.75, 3.05) is 4.90 Å². The minimum absolute atomic E-state index is 0.858. The molecule has 0 N–H and O–H groups in total. The highest BCUT2D eigenvalue weighted by Crippen LogP contribution is 2.55. The molecule has 0 radical (unpaired) electrons. The van der Waals surface area contributed by atoms with E-state index in [1.54, 1.807) is 0 Å². The summed E-state index contributed by atoms with van der Waals surface area (Å²) in [6.07, 6.45) is 1.83. The van der Waals surface area contributed by atoms with E-state index in [9.17, 15) is 0 Å². The summed E-state index contributed by atoms with van der Waals surface area (Å²) < 4.78 is 6.59. The fraction of sp³-hybridized carbons (Fsp3) is 0. The van der Waals surface area contributed by atoms with E-state index in [1.165, 1.54) is 5.39 Å². The van der Waals surface area contributed by atoms with Gasteiger partial charge in [-0.25, -0.2) is 0 Å². The average molecular weight is 437 g/mol. The van der Waals surface area contributed by atoms with Gasteiger partial charge in [-0.05, 0) is 47.2 Å². The summed E-state index contributed by atoms with van der Waals surface area (Å²) >= 11 is 0. The molecule has 1 aliphatic rings. The highest BCUT2D eigenvalue weighted by Gasteiger charge is 2.29. The number of nitrogens with zero attached hydrogens (tertiary/aromatic N) is 2. The molecule has 34 heavy (non-hydrogen) atoms. The van der Waals surface area contributed by atoms with Crippen molar-refractivity contribution in [2.45, 2.75) is 0 Å². The third-order valence-electron chi connectivity index (χ3n) is 6.49. The largest absolute Gasteiger partial charge is 0.452 e. The Hall–Kier alpha value is -4.63. The van der Waals surface area contributed by atoms with Crippen LogP contribution in [-0.4, -0.2) is 4.98 Å². The van der Waals surface area contributed by atoms with Gasteiger partial charge in [0.05, 0.1) is 17.1 Å². The Balaban J connectivity index is 1.48. The fourth-order valence-electron chi connectivity index (χ4n) is 4.88. The van der Waals surface area contributed by atoms with Crippen LogP contribution in [-0.2, 0) is 0 Å². The average Bonchev–Trinajstić information content (AvgIpc) is 2.92. The number of hydrogen-bond acceptors (Lipinski definition) is 3. The van der Waals surface area contributed by atoms with Gasteiger partial charge in [-0.1, -0.05) is 78.9 Å². The van der Waals surface area contributed by atoms with Crippen molar-refractivity contribution < 1.29 is 4.74 Å². The Morgan fingerprint density at radius 3 is 2.09 bits per heavy atom. The minimum atomic E-state index is 0.858. The summed E-state index contributed by atoms with van der Waals surface area (Å²) in [5.41, 5.74) is 5.24. The molecule has 1 aromatic heterocycles. The Morgan fingerprint density at radius 2 is 1.29 bits per heavy atom. The van der Waals surface area contributed by atoms with Gasteiger partial charge < -0.3 is 9.64 Å². The first-order valence-corrected chi connectivity index (χ1v) is 11.4. The number of ether oxygens (including phenoxy) is 1. The molecule has 5 aromatic carbocycles. The molecule has 1 aliphatic heterocycles. The van der Waals surface area contributed by atoms with Crippen molar-refractivity contribution in [1.29, 1.82) is 0 Å². The second kappa shape index (κ2) is 7.46. The van der Waals surface area contributed by atoms with Crippen LogP contribution in [0.5, 0.6) is 11.5 Å². The molecule has 0 aliphatic carbocycles. The molecule has 2 heterocycles. The van der Waals surface area contributed by atoms with Crippen LogP contribution < -0.4 is 9.64 Å². The van der Waals surface area contributed by atoms with Crippen molar-refractivity contribution in [3.05, 3.63) is 121 Å². The van der Waals surface area contributed by atoms with E-state index in [4.69, 9.17) is 4.74 Å². The van der Waals surface area contributed by atoms with E-state index in [1.807, 2.05) is 24.4 Å². The Labute approximate surface area is 197 Å². The fourth-order valence-corrected chi connectivity index (χ4v) is 4.88. The standard InChI is InChI=1S/C31H20N2O/c1-3-9-25-21(7-1)15-19-29-30(25)33(24-16-12-23(13-17-24)27-11-5-6-20-32-27)28-18-14-22-8-2-4-10-26(22)31(28)34-29/h1-20H.